The van der Waals surface area contributed by atoms with Crippen LogP contribution >= 0.6 is 0 Å². The maximum absolute atomic E-state index is 13.3. The molecule has 0 fully saturated rings. The van der Waals surface area contributed by atoms with Crippen LogP contribution in [-0.4, -0.2) is 4.57 Å². The maximum atomic E-state index is 13.3. The van der Waals surface area contributed by atoms with Crippen molar-refractivity contribution in [1.82, 2.24) is 4.57 Å². The van der Waals surface area contributed by atoms with E-state index in [0.29, 0.717) is 12.2 Å². The van der Waals surface area contributed by atoms with E-state index in [2.05, 4.69) is 0 Å². The number of aromatic nitrogens is 1. The van der Waals surface area contributed by atoms with Crippen LogP contribution in [0.1, 0.15) is 11.1 Å². The number of nitrogens with zero attached hydrogens (tertiary/aromatic N) is 1. The zero-order valence-electron chi connectivity index (χ0n) is 15.0. The van der Waals surface area contributed by atoms with Gasteiger partial charge in [-0.05, 0) is 28.3 Å². The van der Waals surface area contributed by atoms with Gasteiger partial charge in [-0.3, -0.25) is 0 Å². The van der Waals surface area contributed by atoms with Crippen LogP contribution in [0.5, 0.6) is 0 Å². The average Bonchev–Trinajstić information content (AvgIpc) is 3.14. The third-order valence-electron chi connectivity index (χ3n) is 4.71. The highest BCUT2D eigenvalue weighted by molar-refractivity contribution is 5.69. The van der Waals surface area contributed by atoms with Crippen molar-refractivity contribution in [3.63, 3.8) is 0 Å². The van der Waals surface area contributed by atoms with Gasteiger partial charge in [-0.25, -0.2) is 0 Å². The number of hydrogen-bond acceptors (Lipinski definition) is 0. The van der Waals surface area contributed by atoms with Crippen molar-refractivity contribution in [3.8, 4) is 22.4 Å². The van der Waals surface area contributed by atoms with Gasteiger partial charge < -0.3 is 4.57 Å². The Balaban J connectivity index is 1.72. The van der Waals surface area contributed by atoms with Gasteiger partial charge >= 0.3 is 6.18 Å². The molecule has 0 aliphatic carbocycles. The highest BCUT2D eigenvalue weighted by Gasteiger charge is 2.32. The minimum Gasteiger partial charge on any atom is -0.342 e. The van der Waals surface area contributed by atoms with Crippen LogP contribution in [0.25, 0.3) is 22.4 Å². The molecule has 1 nitrogen and oxygen atoms in total. The second-order valence-corrected chi connectivity index (χ2v) is 6.67. The summed E-state index contributed by atoms with van der Waals surface area (Å²) in [7, 11) is 0. The zero-order chi connectivity index (χ0) is 19.6. The van der Waals surface area contributed by atoms with Gasteiger partial charge in [-0.15, -0.1) is 0 Å². The first-order chi connectivity index (χ1) is 13.5. The summed E-state index contributed by atoms with van der Waals surface area (Å²) in [5.41, 5.74) is 3.73. The van der Waals surface area contributed by atoms with Gasteiger partial charge in [0, 0.05) is 18.4 Å². The minimum absolute atomic E-state index is 0.382. The fourth-order valence-corrected chi connectivity index (χ4v) is 3.28. The number of rotatable bonds is 4. The Labute approximate surface area is 161 Å². The van der Waals surface area contributed by atoms with E-state index < -0.39 is 11.7 Å². The summed E-state index contributed by atoms with van der Waals surface area (Å²) in [6.45, 7) is 0.382. The first-order valence-corrected chi connectivity index (χ1v) is 8.98. The molecule has 4 rings (SSSR count). The minimum atomic E-state index is -4.37. The van der Waals surface area contributed by atoms with E-state index >= 15 is 0 Å². The second kappa shape index (κ2) is 7.39. The SMILES string of the molecule is FC(F)(F)c1cc(-c2ccc(-c3ccccc3)cc2)n(Cc2ccccc2)c1. The molecule has 0 amide bonds. The molecule has 0 bridgehead atoms. The molecule has 4 heteroatoms. The van der Waals surface area contributed by atoms with Gasteiger partial charge in [0.25, 0.3) is 0 Å². The Bertz CT molecular complexity index is 1050. The van der Waals surface area contributed by atoms with Gasteiger partial charge in [-0.2, -0.15) is 13.2 Å². The van der Waals surface area contributed by atoms with Crippen molar-refractivity contribution in [2.75, 3.05) is 0 Å². The Morgan fingerprint density at radius 1 is 0.643 bits per heavy atom. The van der Waals surface area contributed by atoms with Crippen molar-refractivity contribution < 1.29 is 13.2 Å². The Kier molecular flexibility index (Phi) is 4.78. The molecule has 0 unspecified atom stereocenters. The van der Waals surface area contributed by atoms with E-state index in [1.165, 1.54) is 12.3 Å². The molecule has 0 radical (unpaired) electrons. The molecule has 0 saturated heterocycles. The largest absolute Gasteiger partial charge is 0.417 e. The van der Waals surface area contributed by atoms with E-state index in [4.69, 9.17) is 0 Å². The van der Waals surface area contributed by atoms with Crippen LogP contribution in [0.4, 0.5) is 13.2 Å². The summed E-state index contributed by atoms with van der Waals surface area (Å²) < 4.78 is 41.6. The molecule has 0 atom stereocenters. The average molecular weight is 377 g/mol. The Morgan fingerprint density at radius 2 is 1.18 bits per heavy atom. The summed E-state index contributed by atoms with van der Waals surface area (Å²) in [5, 5.41) is 0. The Hall–Kier alpha value is -3.27. The molecule has 0 N–H and O–H groups in total. The Morgan fingerprint density at radius 3 is 1.79 bits per heavy atom. The lowest BCUT2D eigenvalue weighted by molar-refractivity contribution is -0.137. The van der Waals surface area contributed by atoms with Gasteiger partial charge in [0.05, 0.1) is 5.56 Å². The summed E-state index contributed by atoms with van der Waals surface area (Å²) in [5.74, 6) is 0. The monoisotopic (exact) mass is 377 g/mol. The predicted octanol–water partition coefficient (Wildman–Crippen LogP) is 6.89. The fraction of sp³-hybridized carbons (Fsp3) is 0.0833. The van der Waals surface area contributed by atoms with Crippen LogP contribution in [0, 0.1) is 0 Å². The molecule has 0 aliphatic rings. The molecule has 0 saturated carbocycles. The number of benzene rings is 3. The fourth-order valence-electron chi connectivity index (χ4n) is 3.28. The van der Waals surface area contributed by atoms with Gasteiger partial charge in [0.2, 0.25) is 0 Å². The zero-order valence-corrected chi connectivity index (χ0v) is 15.0. The van der Waals surface area contributed by atoms with Gasteiger partial charge in [-0.1, -0.05) is 84.9 Å². The van der Waals surface area contributed by atoms with E-state index in [1.54, 1.807) is 4.57 Å². The standard InChI is InChI=1S/C24H18F3N/c25-24(26,27)22-15-23(28(17-22)16-18-7-3-1-4-8-18)21-13-11-20(12-14-21)19-9-5-2-6-10-19/h1-15,17H,16H2. The number of halogens is 3. The third kappa shape index (κ3) is 3.86. The maximum Gasteiger partial charge on any atom is 0.417 e. The van der Waals surface area contributed by atoms with Crippen molar-refractivity contribution in [1.29, 1.82) is 0 Å². The lowest BCUT2D eigenvalue weighted by atomic mass is 10.0. The molecule has 1 aromatic heterocycles. The number of hydrogen-bond donors (Lipinski definition) is 0. The van der Waals surface area contributed by atoms with Gasteiger partial charge in [0.15, 0.2) is 0 Å². The molecular formula is C24H18F3N. The van der Waals surface area contributed by atoms with Crippen LogP contribution in [0.3, 0.4) is 0 Å². The molecule has 0 spiro atoms. The number of alkyl halides is 3. The van der Waals surface area contributed by atoms with Crippen LogP contribution in [0.2, 0.25) is 0 Å². The second-order valence-electron chi connectivity index (χ2n) is 6.67. The molecule has 28 heavy (non-hydrogen) atoms. The van der Waals surface area contributed by atoms with Crippen molar-refractivity contribution in [3.05, 3.63) is 108 Å². The van der Waals surface area contributed by atoms with E-state index in [0.717, 1.165) is 22.3 Å². The lowest BCUT2D eigenvalue weighted by Crippen LogP contribution is -2.04. The summed E-state index contributed by atoms with van der Waals surface area (Å²) in [4.78, 5) is 0. The van der Waals surface area contributed by atoms with Crippen LogP contribution < -0.4 is 0 Å². The summed E-state index contributed by atoms with van der Waals surface area (Å²) >= 11 is 0. The van der Waals surface area contributed by atoms with Crippen molar-refractivity contribution in [2.45, 2.75) is 12.7 Å². The molecular weight excluding hydrogens is 359 g/mol. The van der Waals surface area contributed by atoms with E-state index in [1.807, 2.05) is 84.9 Å². The molecule has 4 aromatic rings. The molecule has 1 heterocycles. The molecule has 140 valence electrons. The third-order valence-corrected chi connectivity index (χ3v) is 4.71. The molecule has 0 aliphatic heterocycles. The highest BCUT2D eigenvalue weighted by Crippen LogP contribution is 2.35. The van der Waals surface area contributed by atoms with Crippen LogP contribution in [0.15, 0.2) is 97.2 Å². The van der Waals surface area contributed by atoms with E-state index in [-0.39, 0.29) is 0 Å². The highest BCUT2D eigenvalue weighted by atomic mass is 19.4. The van der Waals surface area contributed by atoms with Gasteiger partial charge in [0.1, 0.15) is 0 Å². The van der Waals surface area contributed by atoms with Crippen molar-refractivity contribution >= 4 is 0 Å². The first kappa shape index (κ1) is 18.1. The van der Waals surface area contributed by atoms with Crippen LogP contribution in [-0.2, 0) is 12.7 Å². The quantitative estimate of drug-likeness (QED) is 0.365. The topological polar surface area (TPSA) is 4.93 Å². The normalized spacial score (nSPS) is 11.5. The van der Waals surface area contributed by atoms with E-state index in [9.17, 15) is 13.2 Å². The molecule has 3 aromatic carbocycles. The summed E-state index contributed by atoms with van der Waals surface area (Å²) in [6.07, 6.45) is -3.19. The lowest BCUT2D eigenvalue weighted by Gasteiger charge is -2.10. The first-order valence-electron chi connectivity index (χ1n) is 8.98. The van der Waals surface area contributed by atoms with Crippen molar-refractivity contribution in [2.24, 2.45) is 0 Å². The predicted molar refractivity (Wildman–Crippen MR) is 106 cm³/mol. The summed E-state index contributed by atoms with van der Waals surface area (Å²) in [6, 6.07) is 28.2. The smallest absolute Gasteiger partial charge is 0.342 e.